The van der Waals surface area contributed by atoms with Gasteiger partial charge in [0.05, 0.1) is 5.56 Å². The summed E-state index contributed by atoms with van der Waals surface area (Å²) in [5.41, 5.74) is 0.428. The van der Waals surface area contributed by atoms with Gasteiger partial charge in [-0.1, -0.05) is 0 Å². The largest absolute Gasteiger partial charge is 0.352 e. The van der Waals surface area contributed by atoms with Crippen LogP contribution in [0.25, 0.3) is 0 Å². The van der Waals surface area contributed by atoms with Gasteiger partial charge >= 0.3 is 0 Å². The smallest absolute Gasteiger partial charge is 0.254 e. The third-order valence-corrected chi connectivity index (χ3v) is 5.14. The van der Waals surface area contributed by atoms with Gasteiger partial charge in [0.15, 0.2) is 11.6 Å². The Hall–Kier alpha value is -3.03. The van der Waals surface area contributed by atoms with E-state index in [1.165, 1.54) is 36.5 Å². The lowest BCUT2D eigenvalue weighted by Gasteiger charge is -2.19. The Morgan fingerprint density at radius 1 is 1.18 bits per heavy atom. The van der Waals surface area contributed by atoms with Crippen LogP contribution in [0.15, 0.2) is 36.5 Å². The van der Waals surface area contributed by atoms with E-state index in [1.54, 1.807) is 9.80 Å². The number of hydrogen-bond acceptors (Lipinski definition) is 4. The normalized spacial score (nSPS) is 19.4. The van der Waals surface area contributed by atoms with Crippen molar-refractivity contribution in [1.82, 2.24) is 10.3 Å². The number of halogens is 2. The zero-order valence-electron chi connectivity index (χ0n) is 15.2. The Labute approximate surface area is 161 Å². The second kappa shape index (κ2) is 7.53. The first kappa shape index (κ1) is 18.3. The number of amides is 2. The minimum absolute atomic E-state index is 0.0261. The number of hydrogen-bond donors (Lipinski definition) is 1. The average molecular weight is 386 g/mol. The van der Waals surface area contributed by atoms with Crippen molar-refractivity contribution in [3.63, 3.8) is 0 Å². The van der Waals surface area contributed by atoms with Gasteiger partial charge in [0.1, 0.15) is 5.82 Å². The fourth-order valence-electron chi connectivity index (χ4n) is 3.72. The summed E-state index contributed by atoms with van der Waals surface area (Å²) in [6.07, 6.45) is 3.33. The fraction of sp³-hybridized carbons (Fsp3) is 0.350. The molecule has 0 spiro atoms. The Morgan fingerprint density at radius 2 is 2.04 bits per heavy atom. The van der Waals surface area contributed by atoms with Crippen LogP contribution in [0.4, 0.5) is 20.3 Å². The summed E-state index contributed by atoms with van der Waals surface area (Å²) in [6.45, 7) is 1.51. The number of nitrogens with zero attached hydrogens (tertiary/aromatic N) is 3. The summed E-state index contributed by atoms with van der Waals surface area (Å²) < 4.78 is 28.1. The van der Waals surface area contributed by atoms with E-state index >= 15 is 0 Å². The molecule has 1 aromatic heterocycles. The molecule has 2 amide bonds. The minimum atomic E-state index is -0.640. The molecule has 8 heteroatoms. The Bertz CT molecular complexity index is 921. The second-order valence-corrected chi connectivity index (χ2v) is 7.03. The second-order valence-electron chi connectivity index (χ2n) is 7.03. The number of nitrogens with one attached hydrogen (secondary N) is 1. The third kappa shape index (κ3) is 3.54. The van der Waals surface area contributed by atoms with Crippen LogP contribution in [0.5, 0.6) is 0 Å². The summed E-state index contributed by atoms with van der Waals surface area (Å²) in [5, 5.41) is 2.81. The molecule has 1 N–H and O–H groups in total. The molecule has 2 saturated heterocycles. The zero-order chi connectivity index (χ0) is 19.7. The van der Waals surface area contributed by atoms with Crippen molar-refractivity contribution >= 4 is 23.3 Å². The van der Waals surface area contributed by atoms with Crippen molar-refractivity contribution in [3.05, 3.63) is 53.7 Å². The molecule has 0 saturated carbocycles. The zero-order valence-corrected chi connectivity index (χ0v) is 15.2. The monoisotopic (exact) mass is 386 g/mol. The number of anilines is 2. The average Bonchev–Trinajstić information content (AvgIpc) is 3.31. The Balaban J connectivity index is 1.45. The Kier molecular flexibility index (Phi) is 4.93. The Morgan fingerprint density at radius 3 is 2.79 bits per heavy atom. The number of aromatic nitrogens is 1. The predicted molar refractivity (Wildman–Crippen MR) is 100 cm³/mol. The summed E-state index contributed by atoms with van der Waals surface area (Å²) in [4.78, 5) is 31.9. The molecular weight excluding hydrogens is 366 g/mol. The summed E-state index contributed by atoms with van der Waals surface area (Å²) in [7, 11) is 0. The van der Waals surface area contributed by atoms with Gasteiger partial charge in [0, 0.05) is 44.0 Å². The van der Waals surface area contributed by atoms with Crippen LogP contribution in [0.3, 0.4) is 0 Å². The van der Waals surface area contributed by atoms with Crippen LogP contribution in [0, 0.1) is 11.6 Å². The van der Waals surface area contributed by atoms with Crippen LogP contribution in [-0.4, -0.2) is 42.5 Å². The quantitative estimate of drug-likeness (QED) is 0.877. The summed E-state index contributed by atoms with van der Waals surface area (Å²) in [6, 6.07) is 6.75. The lowest BCUT2D eigenvalue weighted by molar-refractivity contribution is -0.117. The maximum Gasteiger partial charge on any atom is 0.254 e. The van der Waals surface area contributed by atoms with E-state index < -0.39 is 17.5 Å². The lowest BCUT2D eigenvalue weighted by atomic mass is 10.1. The molecule has 2 aliphatic heterocycles. The van der Waals surface area contributed by atoms with E-state index in [0.717, 1.165) is 6.42 Å². The number of rotatable bonds is 4. The van der Waals surface area contributed by atoms with Crippen LogP contribution in [-0.2, 0) is 4.79 Å². The highest BCUT2D eigenvalue weighted by Gasteiger charge is 2.28. The lowest BCUT2D eigenvalue weighted by Crippen LogP contribution is -2.38. The summed E-state index contributed by atoms with van der Waals surface area (Å²) >= 11 is 0. The van der Waals surface area contributed by atoms with Crippen molar-refractivity contribution in [2.24, 2.45) is 0 Å². The van der Waals surface area contributed by atoms with Crippen molar-refractivity contribution in [1.29, 1.82) is 0 Å². The molecule has 1 unspecified atom stereocenters. The van der Waals surface area contributed by atoms with Crippen molar-refractivity contribution in [2.45, 2.75) is 25.3 Å². The fourth-order valence-corrected chi connectivity index (χ4v) is 3.72. The topological polar surface area (TPSA) is 65.5 Å². The van der Waals surface area contributed by atoms with Gasteiger partial charge in [-0.05, 0) is 43.2 Å². The van der Waals surface area contributed by atoms with Gasteiger partial charge < -0.3 is 15.1 Å². The first-order valence-electron chi connectivity index (χ1n) is 9.29. The first-order valence-corrected chi connectivity index (χ1v) is 9.29. The van der Waals surface area contributed by atoms with Crippen molar-refractivity contribution in [2.75, 3.05) is 29.4 Å². The molecule has 2 fully saturated rings. The van der Waals surface area contributed by atoms with E-state index in [4.69, 9.17) is 0 Å². The number of pyridine rings is 1. The molecule has 28 heavy (non-hydrogen) atoms. The maximum absolute atomic E-state index is 14.2. The third-order valence-electron chi connectivity index (χ3n) is 5.14. The molecule has 146 valence electrons. The highest BCUT2D eigenvalue weighted by atomic mass is 19.1. The highest BCUT2D eigenvalue weighted by molar-refractivity contribution is 5.99. The van der Waals surface area contributed by atoms with Gasteiger partial charge in [0.2, 0.25) is 5.91 Å². The predicted octanol–water partition coefficient (Wildman–Crippen LogP) is 2.50. The van der Waals surface area contributed by atoms with Crippen molar-refractivity contribution < 1.29 is 18.4 Å². The molecule has 0 radical (unpaired) electrons. The van der Waals surface area contributed by atoms with Crippen LogP contribution < -0.4 is 15.1 Å². The standard InChI is InChI=1S/C20H20F2N4O2/c21-16-6-5-14(26-9-2-4-18(26)27)11-15(16)20(28)24-13-7-10-25(12-13)19-17(22)3-1-8-23-19/h1,3,5-6,8,11,13H,2,4,7,9-10,12H2,(H,24,28). The molecule has 2 aromatic rings. The summed E-state index contributed by atoms with van der Waals surface area (Å²) in [5.74, 6) is -1.37. The van der Waals surface area contributed by atoms with Crippen LogP contribution in [0.2, 0.25) is 0 Å². The van der Waals surface area contributed by atoms with E-state index in [-0.39, 0.29) is 23.3 Å². The minimum Gasteiger partial charge on any atom is -0.352 e. The number of benzene rings is 1. The molecule has 6 nitrogen and oxygen atoms in total. The number of carbonyl (C=O) groups is 2. The van der Waals surface area contributed by atoms with E-state index in [1.807, 2.05) is 0 Å². The molecule has 0 aliphatic carbocycles. The van der Waals surface area contributed by atoms with Crippen LogP contribution in [0.1, 0.15) is 29.6 Å². The molecule has 2 aliphatic rings. The molecule has 4 rings (SSSR count). The molecule has 1 aromatic carbocycles. The molecule has 0 bridgehead atoms. The first-order chi connectivity index (χ1) is 13.5. The van der Waals surface area contributed by atoms with Gasteiger partial charge in [-0.15, -0.1) is 0 Å². The van der Waals surface area contributed by atoms with E-state index in [9.17, 15) is 18.4 Å². The van der Waals surface area contributed by atoms with Crippen molar-refractivity contribution in [3.8, 4) is 0 Å². The van der Waals surface area contributed by atoms with Gasteiger partial charge in [-0.3, -0.25) is 9.59 Å². The van der Waals surface area contributed by atoms with E-state index in [2.05, 4.69) is 10.3 Å². The molecule has 1 atom stereocenters. The maximum atomic E-state index is 14.2. The molecule has 3 heterocycles. The number of carbonyl (C=O) groups excluding carboxylic acids is 2. The van der Waals surface area contributed by atoms with Gasteiger partial charge in [-0.2, -0.15) is 0 Å². The van der Waals surface area contributed by atoms with E-state index in [0.29, 0.717) is 38.2 Å². The SMILES string of the molecule is O=C(NC1CCN(c2ncccc2F)C1)c1cc(N2CCCC2=O)ccc1F. The molecular formula is C20H20F2N4O2. The van der Waals surface area contributed by atoms with Gasteiger partial charge in [0.25, 0.3) is 5.91 Å². The van der Waals surface area contributed by atoms with Crippen LogP contribution >= 0.6 is 0 Å². The highest BCUT2D eigenvalue weighted by Crippen LogP contribution is 2.25. The van der Waals surface area contributed by atoms with Gasteiger partial charge in [-0.25, -0.2) is 13.8 Å².